The molecule has 0 atom stereocenters. The first-order valence-electron chi connectivity index (χ1n) is 5.74. The van der Waals surface area contributed by atoms with Crippen molar-refractivity contribution in [3.63, 3.8) is 0 Å². The second-order valence-corrected chi connectivity index (χ2v) is 3.96. The van der Waals surface area contributed by atoms with E-state index in [0.717, 1.165) is 0 Å². The average Bonchev–Trinajstić information content (AvgIpc) is 2.82. The number of nitrogens with one attached hydrogen (secondary N) is 2. The molecule has 0 radical (unpaired) electrons. The van der Waals surface area contributed by atoms with Crippen LogP contribution in [0, 0.1) is 6.92 Å². The van der Waals surface area contributed by atoms with Crippen LogP contribution in [0.25, 0.3) is 0 Å². The number of aryl methyl sites for hydroxylation is 1. The quantitative estimate of drug-likeness (QED) is 0.617. The standard InChI is InChI=1S/C10H15N5O3/c1-7-13-8(18-14-7)6-12-9(16)10(17)15-4-2-11-3-5-15/h11H,2-6H2,1H3,(H,12,16). The van der Waals surface area contributed by atoms with E-state index in [-0.39, 0.29) is 12.4 Å². The average molecular weight is 253 g/mol. The molecule has 1 saturated heterocycles. The predicted octanol–water partition coefficient (Wildman–Crippen LogP) is -1.57. The fraction of sp³-hybridized carbons (Fsp3) is 0.600. The van der Waals surface area contributed by atoms with E-state index in [0.29, 0.717) is 32.0 Å². The maximum Gasteiger partial charge on any atom is 0.311 e. The molecule has 1 aliphatic rings. The Morgan fingerprint density at radius 1 is 1.44 bits per heavy atom. The van der Waals surface area contributed by atoms with Crippen molar-refractivity contribution < 1.29 is 14.1 Å². The van der Waals surface area contributed by atoms with Gasteiger partial charge in [-0.15, -0.1) is 0 Å². The third-order valence-electron chi connectivity index (χ3n) is 2.57. The molecule has 0 unspecified atom stereocenters. The van der Waals surface area contributed by atoms with Crippen molar-refractivity contribution in [2.45, 2.75) is 13.5 Å². The number of hydrogen-bond acceptors (Lipinski definition) is 6. The van der Waals surface area contributed by atoms with Gasteiger partial charge in [0.05, 0.1) is 6.54 Å². The Balaban J connectivity index is 1.81. The molecule has 8 nitrogen and oxygen atoms in total. The molecule has 1 aliphatic heterocycles. The molecule has 0 saturated carbocycles. The minimum absolute atomic E-state index is 0.0670. The maximum absolute atomic E-state index is 11.7. The first kappa shape index (κ1) is 12.5. The van der Waals surface area contributed by atoms with Gasteiger partial charge in [0.1, 0.15) is 0 Å². The number of piperazine rings is 1. The van der Waals surface area contributed by atoms with Gasteiger partial charge in [-0.2, -0.15) is 4.98 Å². The van der Waals surface area contributed by atoms with Gasteiger partial charge in [0.25, 0.3) is 0 Å². The summed E-state index contributed by atoms with van der Waals surface area (Å²) in [4.78, 5) is 28.8. The van der Waals surface area contributed by atoms with Crippen LogP contribution >= 0.6 is 0 Å². The van der Waals surface area contributed by atoms with Crippen LogP contribution in [0.3, 0.4) is 0 Å². The number of hydrogen-bond donors (Lipinski definition) is 2. The van der Waals surface area contributed by atoms with Crippen molar-refractivity contribution >= 4 is 11.8 Å². The number of nitrogens with zero attached hydrogens (tertiary/aromatic N) is 3. The third kappa shape index (κ3) is 3.04. The summed E-state index contributed by atoms with van der Waals surface area (Å²) in [6.45, 7) is 4.26. The largest absolute Gasteiger partial charge is 0.339 e. The fourth-order valence-electron chi connectivity index (χ4n) is 1.65. The predicted molar refractivity (Wildman–Crippen MR) is 60.3 cm³/mol. The van der Waals surface area contributed by atoms with Crippen LogP contribution in [0.4, 0.5) is 0 Å². The molecule has 2 amide bonds. The lowest BCUT2D eigenvalue weighted by molar-refractivity contribution is -0.146. The summed E-state index contributed by atoms with van der Waals surface area (Å²) < 4.78 is 4.83. The number of carbonyl (C=O) groups excluding carboxylic acids is 2. The van der Waals surface area contributed by atoms with Crippen LogP contribution in [-0.4, -0.2) is 53.0 Å². The summed E-state index contributed by atoms with van der Waals surface area (Å²) in [5.74, 6) is -0.387. The van der Waals surface area contributed by atoms with Gasteiger partial charge in [-0.3, -0.25) is 9.59 Å². The van der Waals surface area contributed by atoms with Gasteiger partial charge < -0.3 is 20.1 Å². The molecule has 2 rings (SSSR count). The smallest absolute Gasteiger partial charge is 0.311 e. The van der Waals surface area contributed by atoms with Crippen LogP contribution in [0.5, 0.6) is 0 Å². The molecule has 8 heteroatoms. The monoisotopic (exact) mass is 253 g/mol. The molecule has 1 aromatic rings. The number of amides is 2. The number of rotatable bonds is 2. The molecule has 98 valence electrons. The zero-order chi connectivity index (χ0) is 13.0. The van der Waals surface area contributed by atoms with Gasteiger partial charge >= 0.3 is 11.8 Å². The Morgan fingerprint density at radius 2 is 2.17 bits per heavy atom. The molecule has 2 N–H and O–H groups in total. The van der Waals surface area contributed by atoms with Crippen LogP contribution in [-0.2, 0) is 16.1 Å². The second kappa shape index (κ2) is 5.58. The van der Waals surface area contributed by atoms with Crippen molar-refractivity contribution in [1.29, 1.82) is 0 Å². The first-order valence-corrected chi connectivity index (χ1v) is 5.74. The Hall–Kier alpha value is -1.96. The van der Waals surface area contributed by atoms with Crippen molar-refractivity contribution in [1.82, 2.24) is 25.7 Å². The molecule has 0 aliphatic carbocycles. The highest BCUT2D eigenvalue weighted by Gasteiger charge is 2.23. The second-order valence-electron chi connectivity index (χ2n) is 3.96. The lowest BCUT2D eigenvalue weighted by atomic mass is 10.3. The normalized spacial score (nSPS) is 15.5. The Morgan fingerprint density at radius 3 is 2.78 bits per heavy atom. The fourth-order valence-corrected chi connectivity index (χ4v) is 1.65. The van der Waals surface area contributed by atoms with E-state index in [1.807, 2.05) is 0 Å². The van der Waals surface area contributed by atoms with Gasteiger partial charge in [-0.25, -0.2) is 0 Å². The van der Waals surface area contributed by atoms with E-state index in [1.165, 1.54) is 4.90 Å². The molecule has 0 aromatic carbocycles. The minimum Gasteiger partial charge on any atom is -0.339 e. The highest BCUT2D eigenvalue weighted by Crippen LogP contribution is 1.96. The summed E-state index contributed by atoms with van der Waals surface area (Å²) in [5.41, 5.74) is 0. The summed E-state index contributed by atoms with van der Waals surface area (Å²) >= 11 is 0. The van der Waals surface area contributed by atoms with Crippen molar-refractivity contribution in [3.05, 3.63) is 11.7 Å². The lowest BCUT2D eigenvalue weighted by Gasteiger charge is -2.26. The van der Waals surface area contributed by atoms with Crippen molar-refractivity contribution in [3.8, 4) is 0 Å². The molecule has 1 aromatic heterocycles. The summed E-state index contributed by atoms with van der Waals surface area (Å²) in [6.07, 6.45) is 0. The van der Waals surface area contributed by atoms with Crippen molar-refractivity contribution in [2.75, 3.05) is 26.2 Å². The third-order valence-corrected chi connectivity index (χ3v) is 2.57. The highest BCUT2D eigenvalue weighted by atomic mass is 16.5. The topological polar surface area (TPSA) is 100 Å². The van der Waals surface area contributed by atoms with E-state index in [4.69, 9.17) is 4.52 Å². The molecular weight excluding hydrogens is 238 g/mol. The zero-order valence-corrected chi connectivity index (χ0v) is 10.1. The van der Waals surface area contributed by atoms with Gasteiger partial charge in [-0.1, -0.05) is 5.16 Å². The van der Waals surface area contributed by atoms with E-state index < -0.39 is 11.8 Å². The van der Waals surface area contributed by atoms with E-state index >= 15 is 0 Å². The lowest BCUT2D eigenvalue weighted by Crippen LogP contribution is -2.51. The van der Waals surface area contributed by atoms with Crippen LogP contribution in [0.1, 0.15) is 11.7 Å². The van der Waals surface area contributed by atoms with Gasteiger partial charge in [-0.05, 0) is 6.92 Å². The van der Waals surface area contributed by atoms with Gasteiger partial charge in [0.2, 0.25) is 5.89 Å². The summed E-state index contributed by atoms with van der Waals surface area (Å²) in [7, 11) is 0. The Bertz CT molecular complexity index is 438. The number of aromatic nitrogens is 2. The molecule has 0 bridgehead atoms. The molecule has 18 heavy (non-hydrogen) atoms. The zero-order valence-electron chi connectivity index (χ0n) is 10.1. The first-order chi connectivity index (χ1) is 8.66. The Labute approximate surface area is 104 Å². The van der Waals surface area contributed by atoms with Gasteiger partial charge in [0.15, 0.2) is 5.82 Å². The SMILES string of the molecule is Cc1noc(CNC(=O)C(=O)N2CCNCC2)n1. The summed E-state index contributed by atoms with van der Waals surface area (Å²) in [6, 6.07) is 0. The van der Waals surface area contributed by atoms with Crippen LogP contribution in [0.15, 0.2) is 4.52 Å². The molecule has 2 heterocycles. The van der Waals surface area contributed by atoms with Crippen LogP contribution in [0.2, 0.25) is 0 Å². The van der Waals surface area contributed by atoms with Gasteiger partial charge in [0, 0.05) is 26.2 Å². The van der Waals surface area contributed by atoms with E-state index in [1.54, 1.807) is 6.92 Å². The van der Waals surface area contributed by atoms with E-state index in [2.05, 4.69) is 20.8 Å². The summed E-state index contributed by atoms with van der Waals surface area (Å²) in [5, 5.41) is 9.16. The highest BCUT2D eigenvalue weighted by molar-refractivity contribution is 6.34. The Kier molecular flexibility index (Phi) is 3.88. The van der Waals surface area contributed by atoms with Crippen molar-refractivity contribution in [2.24, 2.45) is 0 Å². The maximum atomic E-state index is 11.7. The molecular formula is C10H15N5O3. The molecule has 1 fully saturated rings. The molecule has 0 spiro atoms. The van der Waals surface area contributed by atoms with Crippen LogP contribution < -0.4 is 10.6 Å². The van der Waals surface area contributed by atoms with E-state index in [9.17, 15) is 9.59 Å². The number of carbonyl (C=O) groups is 2. The minimum atomic E-state index is -0.646.